The zero-order valence-electron chi connectivity index (χ0n) is 21.9. The Labute approximate surface area is 222 Å². The number of carbonyl (C=O) groups excluding carboxylic acids is 2. The molecule has 1 N–H and O–H groups in total. The number of likely N-dealkylation sites (N-methyl/N-ethyl adjacent to an activating group) is 1. The Morgan fingerprint density at radius 3 is 2.26 bits per heavy atom. The van der Waals surface area contributed by atoms with E-state index in [1.807, 2.05) is 38.1 Å². The van der Waals surface area contributed by atoms with E-state index in [1.54, 1.807) is 48.8 Å². The van der Waals surface area contributed by atoms with Gasteiger partial charge in [0.05, 0.1) is 17.7 Å². The average Bonchev–Trinajstić information content (AvgIpc) is 3.19. The van der Waals surface area contributed by atoms with Gasteiger partial charge < -0.3 is 19.6 Å². The molecule has 2 aromatic carbocycles. The first-order valence-electron chi connectivity index (χ1n) is 12.8. The molecule has 0 radical (unpaired) electrons. The van der Waals surface area contributed by atoms with Crippen molar-refractivity contribution in [2.24, 2.45) is 0 Å². The molecule has 2 saturated heterocycles. The number of carbonyl (C=O) groups is 2. The van der Waals surface area contributed by atoms with Crippen molar-refractivity contribution in [3.05, 3.63) is 89.8 Å². The predicted molar refractivity (Wildman–Crippen MR) is 147 cm³/mol. The van der Waals surface area contributed by atoms with Crippen LogP contribution in [0.3, 0.4) is 0 Å². The highest BCUT2D eigenvalue weighted by Gasteiger charge is 2.47. The number of piperazine rings is 1. The molecular formula is C30H32N4O4. The van der Waals surface area contributed by atoms with Crippen LogP contribution < -0.4 is 14.5 Å². The molecule has 1 atom stereocenters. The SMILES string of the molecule is CC(C)Oc1cccc(/C(O)=C2\C(=O)C(=O)N(c3ccc(N4CCN(C)CC4)cc3)C2c2ccncc2)c1. The monoisotopic (exact) mass is 512 g/mol. The summed E-state index contributed by atoms with van der Waals surface area (Å²) < 4.78 is 5.77. The quantitative estimate of drug-likeness (QED) is 0.300. The number of benzene rings is 2. The van der Waals surface area contributed by atoms with Gasteiger partial charge in [0, 0.05) is 55.5 Å². The van der Waals surface area contributed by atoms with Crippen LogP contribution in [0, 0.1) is 0 Å². The highest BCUT2D eigenvalue weighted by molar-refractivity contribution is 6.51. The zero-order valence-corrected chi connectivity index (χ0v) is 21.9. The van der Waals surface area contributed by atoms with Crippen molar-refractivity contribution in [3.8, 4) is 5.75 Å². The molecule has 5 rings (SSSR count). The third kappa shape index (κ3) is 4.99. The second-order valence-corrected chi connectivity index (χ2v) is 9.95. The molecule has 2 fully saturated rings. The third-order valence-electron chi connectivity index (χ3n) is 6.94. The fourth-order valence-electron chi connectivity index (χ4n) is 4.99. The van der Waals surface area contributed by atoms with Crippen molar-refractivity contribution in [1.29, 1.82) is 0 Å². The van der Waals surface area contributed by atoms with E-state index in [9.17, 15) is 14.7 Å². The summed E-state index contributed by atoms with van der Waals surface area (Å²) in [5.74, 6) is -1.09. The maximum absolute atomic E-state index is 13.4. The lowest BCUT2D eigenvalue weighted by Gasteiger charge is -2.34. The van der Waals surface area contributed by atoms with Crippen LogP contribution in [0.15, 0.2) is 78.6 Å². The van der Waals surface area contributed by atoms with Crippen molar-refractivity contribution in [1.82, 2.24) is 9.88 Å². The number of pyridine rings is 1. The molecule has 1 aromatic heterocycles. The lowest BCUT2D eigenvalue weighted by atomic mass is 9.95. The number of aliphatic hydroxyl groups excluding tert-OH is 1. The van der Waals surface area contributed by atoms with Gasteiger partial charge in [0.1, 0.15) is 11.5 Å². The van der Waals surface area contributed by atoms with Gasteiger partial charge in [0.25, 0.3) is 11.7 Å². The summed E-state index contributed by atoms with van der Waals surface area (Å²) in [4.78, 5) is 37.0. The van der Waals surface area contributed by atoms with Crippen molar-refractivity contribution in [2.45, 2.75) is 26.0 Å². The Hall–Kier alpha value is -4.17. The molecule has 0 spiro atoms. The van der Waals surface area contributed by atoms with Crippen LogP contribution in [0.5, 0.6) is 5.75 Å². The summed E-state index contributed by atoms with van der Waals surface area (Å²) >= 11 is 0. The van der Waals surface area contributed by atoms with Gasteiger partial charge in [0.15, 0.2) is 0 Å². The second kappa shape index (κ2) is 10.7. The first-order valence-corrected chi connectivity index (χ1v) is 12.8. The number of ketones is 1. The largest absolute Gasteiger partial charge is 0.507 e. The van der Waals surface area contributed by atoms with Crippen molar-refractivity contribution in [3.63, 3.8) is 0 Å². The summed E-state index contributed by atoms with van der Waals surface area (Å²) in [7, 11) is 2.11. The van der Waals surface area contributed by atoms with Crippen molar-refractivity contribution in [2.75, 3.05) is 43.0 Å². The highest BCUT2D eigenvalue weighted by atomic mass is 16.5. The number of aliphatic hydroxyl groups is 1. The van der Waals surface area contributed by atoms with E-state index in [2.05, 4.69) is 21.8 Å². The molecular weight excluding hydrogens is 480 g/mol. The fraction of sp³-hybridized carbons (Fsp3) is 0.300. The molecule has 3 heterocycles. The van der Waals surface area contributed by atoms with Crippen molar-refractivity contribution >= 4 is 28.8 Å². The minimum Gasteiger partial charge on any atom is -0.507 e. The molecule has 196 valence electrons. The molecule has 0 saturated carbocycles. The number of anilines is 2. The number of hydrogen-bond acceptors (Lipinski definition) is 7. The Morgan fingerprint density at radius 2 is 1.61 bits per heavy atom. The topological polar surface area (TPSA) is 86.2 Å². The van der Waals surface area contributed by atoms with E-state index in [1.165, 1.54) is 4.90 Å². The Bertz CT molecular complexity index is 1350. The highest BCUT2D eigenvalue weighted by Crippen LogP contribution is 2.42. The number of amides is 1. The third-order valence-corrected chi connectivity index (χ3v) is 6.94. The van der Waals surface area contributed by atoms with Crippen LogP contribution in [0.1, 0.15) is 31.0 Å². The lowest BCUT2D eigenvalue weighted by Crippen LogP contribution is -2.44. The summed E-state index contributed by atoms with van der Waals surface area (Å²) in [6.45, 7) is 7.66. The molecule has 38 heavy (non-hydrogen) atoms. The molecule has 3 aromatic rings. The van der Waals surface area contributed by atoms with Gasteiger partial charge in [-0.05, 0) is 75.0 Å². The van der Waals surface area contributed by atoms with E-state index in [0.717, 1.165) is 31.9 Å². The van der Waals surface area contributed by atoms with Crippen LogP contribution in [0.25, 0.3) is 5.76 Å². The first-order chi connectivity index (χ1) is 18.3. The maximum Gasteiger partial charge on any atom is 0.300 e. The number of rotatable bonds is 6. The number of aromatic nitrogens is 1. The number of ether oxygens (including phenoxy) is 1. The van der Waals surface area contributed by atoms with Crippen LogP contribution in [-0.4, -0.2) is 66.0 Å². The van der Waals surface area contributed by atoms with E-state index >= 15 is 0 Å². The molecule has 0 aliphatic carbocycles. The van der Waals surface area contributed by atoms with E-state index in [0.29, 0.717) is 22.6 Å². The molecule has 2 aliphatic heterocycles. The second-order valence-electron chi connectivity index (χ2n) is 9.95. The molecule has 8 heteroatoms. The van der Waals surface area contributed by atoms with Gasteiger partial charge in [-0.1, -0.05) is 12.1 Å². The Kier molecular flexibility index (Phi) is 7.15. The summed E-state index contributed by atoms with van der Waals surface area (Å²) in [5, 5.41) is 11.4. The van der Waals surface area contributed by atoms with Gasteiger partial charge >= 0.3 is 0 Å². The molecule has 1 unspecified atom stereocenters. The molecule has 8 nitrogen and oxygen atoms in total. The predicted octanol–water partition coefficient (Wildman–Crippen LogP) is 4.25. The van der Waals surface area contributed by atoms with Crippen LogP contribution in [-0.2, 0) is 9.59 Å². The normalized spacial score (nSPS) is 19.8. The maximum atomic E-state index is 13.4. The summed E-state index contributed by atoms with van der Waals surface area (Å²) in [5.41, 5.74) is 2.78. The van der Waals surface area contributed by atoms with Crippen LogP contribution in [0.2, 0.25) is 0 Å². The van der Waals surface area contributed by atoms with E-state index < -0.39 is 17.7 Å². The summed E-state index contributed by atoms with van der Waals surface area (Å²) in [6.07, 6.45) is 3.18. The van der Waals surface area contributed by atoms with Gasteiger partial charge in [-0.2, -0.15) is 0 Å². The Balaban J connectivity index is 1.55. The molecule has 0 bridgehead atoms. The number of nitrogens with zero attached hydrogens (tertiary/aromatic N) is 4. The van der Waals surface area contributed by atoms with Gasteiger partial charge in [-0.25, -0.2) is 0 Å². The van der Waals surface area contributed by atoms with E-state index in [-0.39, 0.29) is 17.4 Å². The minimum absolute atomic E-state index is 0.0334. The first kappa shape index (κ1) is 25.5. The zero-order chi connectivity index (χ0) is 26.8. The number of hydrogen-bond donors (Lipinski definition) is 1. The van der Waals surface area contributed by atoms with Crippen LogP contribution in [0.4, 0.5) is 11.4 Å². The van der Waals surface area contributed by atoms with Gasteiger partial charge in [0.2, 0.25) is 0 Å². The molecule has 1 amide bonds. The van der Waals surface area contributed by atoms with Crippen molar-refractivity contribution < 1.29 is 19.4 Å². The minimum atomic E-state index is -0.804. The Morgan fingerprint density at radius 1 is 0.947 bits per heavy atom. The van der Waals surface area contributed by atoms with Gasteiger partial charge in [-0.3, -0.25) is 19.5 Å². The van der Waals surface area contributed by atoms with Gasteiger partial charge in [-0.15, -0.1) is 0 Å². The lowest BCUT2D eigenvalue weighted by molar-refractivity contribution is -0.132. The number of Topliss-reactive ketones (excluding diaryl/α,β-unsaturated/α-hetero) is 1. The van der Waals surface area contributed by atoms with E-state index in [4.69, 9.17) is 4.74 Å². The fourth-order valence-corrected chi connectivity index (χ4v) is 4.99. The standard InChI is InChI=1S/C30H32N4O4/c1-20(2)38-25-6-4-5-22(19-25)28(35)26-27(21-11-13-31-14-12-21)34(30(37)29(26)36)24-9-7-23(8-10-24)33-17-15-32(3)16-18-33/h4-14,19-20,27,35H,15-18H2,1-3H3/b28-26+. The average molecular weight is 513 g/mol. The molecule has 2 aliphatic rings. The van der Waals surface area contributed by atoms with Crippen LogP contribution >= 0.6 is 0 Å². The smallest absolute Gasteiger partial charge is 0.300 e. The summed E-state index contributed by atoms with van der Waals surface area (Å²) in [6, 6.07) is 17.3.